The van der Waals surface area contributed by atoms with Crippen LogP contribution in [0.3, 0.4) is 0 Å². The van der Waals surface area contributed by atoms with Crippen molar-refractivity contribution in [2.75, 3.05) is 6.54 Å². The van der Waals surface area contributed by atoms with Crippen molar-refractivity contribution >= 4 is 0 Å². The molecule has 1 nitrogen and oxygen atoms in total. The minimum Gasteiger partial charge on any atom is -0.330 e. The Hall–Kier alpha value is -0.820. The molecule has 1 unspecified atom stereocenters. The van der Waals surface area contributed by atoms with Crippen molar-refractivity contribution in [3.05, 3.63) is 34.9 Å². The average molecular weight is 229 g/mol. The van der Waals surface area contributed by atoms with Gasteiger partial charge in [-0.2, -0.15) is 0 Å². The van der Waals surface area contributed by atoms with Gasteiger partial charge >= 0.3 is 0 Å². The van der Waals surface area contributed by atoms with Crippen LogP contribution >= 0.6 is 0 Å². The summed E-state index contributed by atoms with van der Waals surface area (Å²) in [6.07, 6.45) is 8.18. The molecule has 1 heteroatoms. The van der Waals surface area contributed by atoms with Gasteiger partial charge in [-0.25, -0.2) is 0 Å². The van der Waals surface area contributed by atoms with Gasteiger partial charge in [0, 0.05) is 0 Å². The number of rotatable bonds is 2. The summed E-state index contributed by atoms with van der Waals surface area (Å²) in [7, 11) is 0. The third kappa shape index (κ3) is 1.72. The lowest BCUT2D eigenvalue weighted by molar-refractivity contribution is 0.401. The van der Waals surface area contributed by atoms with E-state index in [1.807, 2.05) is 0 Å². The Morgan fingerprint density at radius 2 is 2.06 bits per heavy atom. The fraction of sp³-hybridized carbons (Fsp3) is 0.625. The van der Waals surface area contributed by atoms with E-state index in [-0.39, 0.29) is 0 Å². The molecule has 1 aromatic rings. The van der Waals surface area contributed by atoms with Crippen LogP contribution in [0.4, 0.5) is 0 Å². The smallest absolute Gasteiger partial charge is 0.00382 e. The highest BCUT2D eigenvalue weighted by Crippen LogP contribution is 2.55. The van der Waals surface area contributed by atoms with Gasteiger partial charge in [-0.05, 0) is 61.6 Å². The van der Waals surface area contributed by atoms with Crippen LogP contribution in [0.5, 0.6) is 0 Å². The zero-order valence-electron chi connectivity index (χ0n) is 10.8. The molecule has 3 rings (SSSR count). The highest BCUT2D eigenvalue weighted by Gasteiger charge is 2.44. The van der Waals surface area contributed by atoms with Gasteiger partial charge in [-0.15, -0.1) is 0 Å². The lowest BCUT2D eigenvalue weighted by atomic mass is 9.79. The van der Waals surface area contributed by atoms with E-state index >= 15 is 0 Å². The number of aryl methyl sites for hydroxylation is 1. The Morgan fingerprint density at radius 3 is 2.76 bits per heavy atom. The fourth-order valence-corrected chi connectivity index (χ4v) is 4.16. The second-order valence-corrected chi connectivity index (χ2v) is 6.06. The van der Waals surface area contributed by atoms with Gasteiger partial charge in [0.15, 0.2) is 0 Å². The summed E-state index contributed by atoms with van der Waals surface area (Å²) in [5, 5.41) is 0. The molecule has 1 aromatic carbocycles. The van der Waals surface area contributed by atoms with E-state index in [0.29, 0.717) is 5.41 Å². The maximum absolute atomic E-state index is 5.78. The predicted octanol–water partition coefficient (Wildman–Crippen LogP) is 3.64. The maximum atomic E-state index is 5.78. The van der Waals surface area contributed by atoms with Gasteiger partial charge in [-0.1, -0.05) is 36.6 Å². The van der Waals surface area contributed by atoms with Crippen LogP contribution in [0.25, 0.3) is 0 Å². The lowest BCUT2D eigenvalue weighted by Crippen LogP contribution is -2.18. The van der Waals surface area contributed by atoms with Crippen LogP contribution in [-0.4, -0.2) is 6.54 Å². The predicted molar refractivity (Wildman–Crippen MR) is 72.4 cm³/mol. The van der Waals surface area contributed by atoms with Crippen molar-refractivity contribution in [1.82, 2.24) is 0 Å². The van der Waals surface area contributed by atoms with Crippen LogP contribution in [0.15, 0.2) is 18.2 Å². The topological polar surface area (TPSA) is 26.0 Å². The lowest BCUT2D eigenvalue weighted by Gasteiger charge is -2.25. The van der Waals surface area contributed by atoms with Gasteiger partial charge in [-0.3, -0.25) is 0 Å². The average Bonchev–Trinajstić information content (AvgIpc) is 2.88. The van der Waals surface area contributed by atoms with Crippen LogP contribution in [0, 0.1) is 6.92 Å². The summed E-state index contributed by atoms with van der Waals surface area (Å²) < 4.78 is 0. The van der Waals surface area contributed by atoms with Crippen LogP contribution < -0.4 is 5.73 Å². The first-order chi connectivity index (χ1) is 8.25. The zero-order valence-corrected chi connectivity index (χ0v) is 10.8. The molecule has 2 N–H and O–H groups in total. The molecule has 1 fully saturated rings. The molecule has 0 aliphatic heterocycles. The Kier molecular flexibility index (Phi) is 2.74. The van der Waals surface area contributed by atoms with E-state index in [1.54, 1.807) is 11.1 Å². The molecular formula is C16H23N. The monoisotopic (exact) mass is 229 g/mol. The first kappa shape index (κ1) is 11.3. The number of benzene rings is 1. The highest BCUT2D eigenvalue weighted by atomic mass is 14.5. The second-order valence-electron chi connectivity index (χ2n) is 6.06. The first-order valence-corrected chi connectivity index (χ1v) is 7.06. The molecule has 0 heterocycles. The zero-order chi connectivity index (χ0) is 11.9. The summed E-state index contributed by atoms with van der Waals surface area (Å²) in [5.74, 6) is 0.730. The van der Waals surface area contributed by atoms with Crippen LogP contribution in [0.1, 0.15) is 61.1 Å². The summed E-state index contributed by atoms with van der Waals surface area (Å²) in [6.45, 7) is 3.05. The van der Waals surface area contributed by atoms with Crippen molar-refractivity contribution in [3.8, 4) is 0 Å². The Balaban J connectivity index is 2.05. The van der Waals surface area contributed by atoms with Gasteiger partial charge < -0.3 is 5.73 Å². The maximum Gasteiger partial charge on any atom is -0.00382 e. The van der Waals surface area contributed by atoms with E-state index < -0.39 is 0 Å². The standard InChI is InChI=1S/C16H23N/c1-12-4-5-14-13(6-9-17)11-16(15(14)10-12)7-2-3-8-16/h4-5,10,13H,2-3,6-9,11,17H2,1H3. The normalized spacial score (nSPS) is 25.4. The van der Waals surface area contributed by atoms with E-state index in [2.05, 4.69) is 25.1 Å². The molecule has 1 saturated carbocycles. The van der Waals surface area contributed by atoms with Crippen LogP contribution in [-0.2, 0) is 5.41 Å². The molecule has 92 valence electrons. The summed E-state index contributed by atoms with van der Waals surface area (Å²) in [5.41, 5.74) is 11.0. The Morgan fingerprint density at radius 1 is 1.29 bits per heavy atom. The number of hydrogen-bond donors (Lipinski definition) is 1. The summed E-state index contributed by atoms with van der Waals surface area (Å²) >= 11 is 0. The SMILES string of the molecule is Cc1ccc2c(c1)C1(CCCC1)CC2CCN. The van der Waals surface area contributed by atoms with Crippen molar-refractivity contribution in [2.24, 2.45) is 5.73 Å². The molecule has 2 aliphatic rings. The molecule has 0 saturated heterocycles. The second kappa shape index (κ2) is 4.13. The molecule has 0 amide bonds. The Bertz CT molecular complexity index is 416. The van der Waals surface area contributed by atoms with Crippen molar-refractivity contribution in [1.29, 1.82) is 0 Å². The number of nitrogens with two attached hydrogens (primary N) is 1. The number of hydrogen-bond acceptors (Lipinski definition) is 1. The molecule has 1 spiro atoms. The van der Waals surface area contributed by atoms with E-state index in [4.69, 9.17) is 5.73 Å². The third-order valence-electron chi connectivity index (χ3n) is 4.93. The third-order valence-corrected chi connectivity index (χ3v) is 4.93. The number of fused-ring (bicyclic) bond motifs is 2. The largest absolute Gasteiger partial charge is 0.330 e. The van der Waals surface area contributed by atoms with Gasteiger partial charge in [0.2, 0.25) is 0 Å². The first-order valence-electron chi connectivity index (χ1n) is 7.06. The Labute approximate surface area is 104 Å². The van der Waals surface area contributed by atoms with Crippen molar-refractivity contribution < 1.29 is 0 Å². The van der Waals surface area contributed by atoms with E-state index in [1.165, 1.54) is 37.7 Å². The molecular weight excluding hydrogens is 206 g/mol. The van der Waals surface area contributed by atoms with Crippen molar-refractivity contribution in [3.63, 3.8) is 0 Å². The molecule has 1 atom stereocenters. The van der Waals surface area contributed by atoms with Crippen molar-refractivity contribution in [2.45, 2.75) is 56.8 Å². The molecule has 0 radical (unpaired) electrons. The minimum absolute atomic E-state index is 0.529. The van der Waals surface area contributed by atoms with Crippen LogP contribution in [0.2, 0.25) is 0 Å². The molecule has 2 aliphatic carbocycles. The fourth-order valence-electron chi connectivity index (χ4n) is 4.16. The molecule has 0 aromatic heterocycles. The van der Waals surface area contributed by atoms with E-state index in [0.717, 1.165) is 18.9 Å². The molecule has 17 heavy (non-hydrogen) atoms. The minimum atomic E-state index is 0.529. The van der Waals surface area contributed by atoms with E-state index in [9.17, 15) is 0 Å². The summed E-state index contributed by atoms with van der Waals surface area (Å²) in [4.78, 5) is 0. The highest BCUT2D eigenvalue weighted by molar-refractivity contribution is 5.45. The van der Waals surface area contributed by atoms with Gasteiger partial charge in [0.25, 0.3) is 0 Å². The summed E-state index contributed by atoms with van der Waals surface area (Å²) in [6, 6.07) is 7.10. The molecule has 0 bridgehead atoms. The quantitative estimate of drug-likeness (QED) is 0.823. The van der Waals surface area contributed by atoms with Gasteiger partial charge in [0.1, 0.15) is 0 Å². The van der Waals surface area contributed by atoms with Gasteiger partial charge in [0.05, 0.1) is 0 Å².